The number of aromatic amines is 1. The molecule has 0 bridgehead atoms. The minimum absolute atomic E-state index is 0.0589. The summed E-state index contributed by atoms with van der Waals surface area (Å²) in [6.45, 7) is 2.83. The van der Waals surface area contributed by atoms with Crippen molar-refractivity contribution >= 4 is 17.7 Å². The largest absolute Gasteiger partial charge is 0.357 e. The Kier molecular flexibility index (Phi) is 4.83. The van der Waals surface area contributed by atoms with E-state index in [0.29, 0.717) is 18.8 Å². The summed E-state index contributed by atoms with van der Waals surface area (Å²) in [6.07, 6.45) is 1.77. The smallest absolute Gasteiger partial charge is 0.286 e. The number of likely N-dealkylation sites (tertiary alicyclic amines) is 1. The summed E-state index contributed by atoms with van der Waals surface area (Å²) in [4.78, 5) is 40.5. The van der Waals surface area contributed by atoms with Crippen LogP contribution >= 0.6 is 0 Å². The molecule has 1 aliphatic heterocycles. The second-order valence-electron chi connectivity index (χ2n) is 6.19. The predicted octanol–water partition coefficient (Wildman–Crippen LogP) is 1.13. The Morgan fingerprint density at radius 2 is 1.96 bits per heavy atom. The first-order chi connectivity index (χ1) is 12.0. The van der Waals surface area contributed by atoms with E-state index in [4.69, 9.17) is 0 Å². The van der Waals surface area contributed by atoms with Crippen molar-refractivity contribution in [3.8, 4) is 0 Å². The van der Waals surface area contributed by atoms with E-state index >= 15 is 0 Å². The maximum absolute atomic E-state index is 12.2. The minimum atomic E-state index is -0.470. The van der Waals surface area contributed by atoms with E-state index in [0.717, 1.165) is 11.1 Å². The van der Waals surface area contributed by atoms with Gasteiger partial charge in [-0.3, -0.25) is 25.2 Å². The minimum Gasteiger partial charge on any atom is -0.357 e. The lowest BCUT2D eigenvalue weighted by molar-refractivity contribution is -0.129. The van der Waals surface area contributed by atoms with Gasteiger partial charge in [0.2, 0.25) is 11.8 Å². The predicted molar refractivity (Wildman–Crippen MR) is 91.1 cm³/mol. The second-order valence-corrected chi connectivity index (χ2v) is 6.19. The van der Waals surface area contributed by atoms with Gasteiger partial charge in [0.15, 0.2) is 0 Å². The first-order valence-electron chi connectivity index (χ1n) is 8.10. The monoisotopic (exact) mass is 340 g/mol. The van der Waals surface area contributed by atoms with Gasteiger partial charge in [0.05, 0.1) is 5.92 Å². The van der Waals surface area contributed by atoms with Crippen LogP contribution in [0.4, 0.5) is 0 Å². The first-order valence-corrected chi connectivity index (χ1v) is 8.10. The number of carbonyl (C=O) groups excluding carboxylic acids is 3. The van der Waals surface area contributed by atoms with Crippen LogP contribution in [0, 0.1) is 12.8 Å². The number of hydrazine groups is 1. The van der Waals surface area contributed by atoms with Crippen LogP contribution in [-0.4, -0.2) is 34.2 Å². The number of aryl methyl sites for hydroxylation is 1. The molecule has 3 N–H and O–H groups in total. The Balaban J connectivity index is 1.52. The molecule has 7 nitrogen and oxygen atoms in total. The molecule has 2 heterocycles. The summed E-state index contributed by atoms with van der Waals surface area (Å²) in [6, 6.07) is 11.2. The first kappa shape index (κ1) is 16.8. The van der Waals surface area contributed by atoms with E-state index in [1.807, 2.05) is 31.2 Å². The number of H-pyrrole nitrogens is 1. The molecule has 1 aromatic carbocycles. The van der Waals surface area contributed by atoms with Crippen LogP contribution in [0.3, 0.4) is 0 Å². The Labute approximate surface area is 145 Å². The van der Waals surface area contributed by atoms with Crippen LogP contribution in [0.1, 0.15) is 28.0 Å². The number of nitrogens with one attached hydrogen (secondary N) is 3. The third kappa shape index (κ3) is 4.06. The summed E-state index contributed by atoms with van der Waals surface area (Å²) < 4.78 is 0. The van der Waals surface area contributed by atoms with Gasteiger partial charge in [-0.05, 0) is 24.6 Å². The molecule has 1 unspecified atom stereocenters. The van der Waals surface area contributed by atoms with Crippen LogP contribution in [0.5, 0.6) is 0 Å². The molecule has 1 aromatic heterocycles. The highest BCUT2D eigenvalue weighted by Gasteiger charge is 2.34. The molecule has 25 heavy (non-hydrogen) atoms. The van der Waals surface area contributed by atoms with E-state index in [1.54, 1.807) is 23.2 Å². The van der Waals surface area contributed by atoms with Crippen molar-refractivity contribution in [2.45, 2.75) is 19.9 Å². The molecule has 1 saturated heterocycles. The van der Waals surface area contributed by atoms with Crippen molar-refractivity contribution in [3.63, 3.8) is 0 Å². The third-order valence-electron chi connectivity index (χ3n) is 4.22. The van der Waals surface area contributed by atoms with Gasteiger partial charge in [0.25, 0.3) is 5.91 Å². The van der Waals surface area contributed by atoms with Crippen molar-refractivity contribution in [3.05, 3.63) is 59.4 Å². The lowest BCUT2D eigenvalue weighted by Crippen LogP contribution is -2.45. The molecular formula is C18H20N4O3. The zero-order valence-corrected chi connectivity index (χ0v) is 13.9. The van der Waals surface area contributed by atoms with Gasteiger partial charge in [-0.1, -0.05) is 29.8 Å². The highest BCUT2D eigenvalue weighted by molar-refractivity contribution is 5.95. The summed E-state index contributed by atoms with van der Waals surface area (Å²) in [7, 11) is 0. The Morgan fingerprint density at radius 1 is 1.20 bits per heavy atom. The van der Waals surface area contributed by atoms with E-state index in [1.165, 1.54) is 0 Å². The highest BCUT2D eigenvalue weighted by atomic mass is 16.2. The molecule has 1 atom stereocenters. The summed E-state index contributed by atoms with van der Waals surface area (Å²) in [5.41, 5.74) is 7.27. The summed E-state index contributed by atoms with van der Waals surface area (Å²) >= 11 is 0. The number of amides is 3. The fraction of sp³-hybridized carbons (Fsp3) is 0.278. The van der Waals surface area contributed by atoms with Gasteiger partial charge >= 0.3 is 0 Å². The van der Waals surface area contributed by atoms with Crippen LogP contribution in [0.15, 0.2) is 42.6 Å². The van der Waals surface area contributed by atoms with E-state index in [2.05, 4.69) is 15.8 Å². The molecule has 7 heteroatoms. The molecule has 0 radical (unpaired) electrons. The van der Waals surface area contributed by atoms with Crippen molar-refractivity contribution in [1.29, 1.82) is 0 Å². The zero-order valence-electron chi connectivity index (χ0n) is 13.9. The molecule has 1 fully saturated rings. The van der Waals surface area contributed by atoms with Gasteiger partial charge < -0.3 is 9.88 Å². The molecule has 0 saturated carbocycles. The maximum Gasteiger partial charge on any atom is 0.286 e. The zero-order chi connectivity index (χ0) is 17.8. The average Bonchev–Trinajstić information content (AvgIpc) is 3.25. The van der Waals surface area contributed by atoms with Crippen molar-refractivity contribution in [1.82, 2.24) is 20.7 Å². The molecule has 1 aliphatic rings. The van der Waals surface area contributed by atoms with Gasteiger partial charge in [-0.25, -0.2) is 0 Å². The fourth-order valence-electron chi connectivity index (χ4n) is 2.77. The van der Waals surface area contributed by atoms with Crippen molar-refractivity contribution in [2.75, 3.05) is 6.54 Å². The average molecular weight is 340 g/mol. The number of carbonyl (C=O) groups is 3. The molecule has 0 spiro atoms. The van der Waals surface area contributed by atoms with Gasteiger partial charge in [0, 0.05) is 25.7 Å². The summed E-state index contributed by atoms with van der Waals surface area (Å²) in [5.74, 6) is -1.32. The highest BCUT2D eigenvalue weighted by Crippen LogP contribution is 2.20. The summed E-state index contributed by atoms with van der Waals surface area (Å²) in [5, 5.41) is 0. The molecule has 0 aliphatic carbocycles. The lowest BCUT2D eigenvalue weighted by atomic mass is 10.1. The number of nitrogens with zero attached hydrogens (tertiary/aromatic N) is 1. The van der Waals surface area contributed by atoms with E-state index in [-0.39, 0.29) is 18.2 Å². The Bertz CT molecular complexity index is 768. The van der Waals surface area contributed by atoms with Crippen LogP contribution < -0.4 is 10.9 Å². The van der Waals surface area contributed by atoms with Gasteiger partial charge in [0.1, 0.15) is 5.69 Å². The molecular weight excluding hydrogens is 320 g/mol. The fourth-order valence-corrected chi connectivity index (χ4v) is 2.77. The molecule has 3 amide bonds. The van der Waals surface area contributed by atoms with Crippen molar-refractivity contribution < 1.29 is 14.4 Å². The third-order valence-corrected chi connectivity index (χ3v) is 4.22. The SMILES string of the molecule is Cc1ccc(CN2CC(C(=O)NNC(=O)c3ccc[nH]3)CC2=O)cc1. The normalized spacial score (nSPS) is 16.8. The number of hydrogen-bond acceptors (Lipinski definition) is 3. The quantitative estimate of drug-likeness (QED) is 0.728. The van der Waals surface area contributed by atoms with Crippen LogP contribution in [-0.2, 0) is 16.1 Å². The second kappa shape index (κ2) is 7.21. The van der Waals surface area contributed by atoms with Crippen molar-refractivity contribution in [2.24, 2.45) is 5.92 Å². The molecule has 130 valence electrons. The van der Waals surface area contributed by atoms with Crippen LogP contribution in [0.2, 0.25) is 0 Å². The number of aromatic nitrogens is 1. The topological polar surface area (TPSA) is 94.3 Å². The Hall–Kier alpha value is -3.09. The maximum atomic E-state index is 12.2. The lowest BCUT2D eigenvalue weighted by Gasteiger charge is -2.17. The molecule has 2 aromatic rings. The van der Waals surface area contributed by atoms with Crippen LogP contribution in [0.25, 0.3) is 0 Å². The number of benzene rings is 1. The molecule has 3 rings (SSSR count). The van der Waals surface area contributed by atoms with E-state index < -0.39 is 11.8 Å². The standard InChI is InChI=1S/C18H20N4O3/c1-12-4-6-13(7-5-12)10-22-11-14(9-16(22)23)17(24)20-21-18(25)15-3-2-8-19-15/h2-8,14,19H,9-11H2,1H3,(H,20,24)(H,21,25). The van der Waals surface area contributed by atoms with Gasteiger partial charge in [-0.2, -0.15) is 0 Å². The number of rotatable bonds is 4. The Morgan fingerprint density at radius 3 is 2.64 bits per heavy atom. The number of hydrogen-bond donors (Lipinski definition) is 3. The van der Waals surface area contributed by atoms with Gasteiger partial charge in [-0.15, -0.1) is 0 Å². The van der Waals surface area contributed by atoms with E-state index in [9.17, 15) is 14.4 Å².